The van der Waals surface area contributed by atoms with Gasteiger partial charge in [0.05, 0.1) is 18.9 Å². The van der Waals surface area contributed by atoms with E-state index >= 15 is 0 Å². The van der Waals surface area contributed by atoms with Crippen LogP contribution < -0.4 is 10.6 Å². The average Bonchev–Trinajstić information content (AvgIpc) is 2.36. The molecule has 11 heteroatoms. The van der Waals surface area contributed by atoms with Gasteiger partial charge in [-0.25, -0.2) is 17.5 Å². The van der Waals surface area contributed by atoms with Crippen LogP contribution in [0.5, 0.6) is 0 Å². The summed E-state index contributed by atoms with van der Waals surface area (Å²) < 4.78 is 64.3. The number of rotatable bonds is 6. The van der Waals surface area contributed by atoms with Crippen molar-refractivity contribution >= 4 is 16.1 Å². The fourth-order valence-corrected chi connectivity index (χ4v) is 3.05. The maximum absolute atomic E-state index is 11.9. The summed E-state index contributed by atoms with van der Waals surface area (Å²) in [6.07, 6.45) is -2.29. The number of amides is 2. The minimum absolute atomic E-state index is 0.170. The number of sulfonamides is 1. The van der Waals surface area contributed by atoms with Gasteiger partial charge in [0.25, 0.3) is 0 Å². The number of ether oxygens (including phenoxy) is 1. The molecule has 136 valence electrons. The first-order valence-electron chi connectivity index (χ1n) is 7.14. The summed E-state index contributed by atoms with van der Waals surface area (Å²) in [7, 11) is -3.22. The fraction of sp³-hybridized carbons (Fsp3) is 0.917. The molecule has 0 radical (unpaired) electrons. The number of nitrogens with zero attached hydrogens (tertiary/aromatic N) is 1. The highest BCUT2D eigenvalue weighted by Gasteiger charge is 2.28. The monoisotopic (exact) mass is 361 g/mol. The molecule has 1 rings (SSSR count). The topological polar surface area (TPSA) is 87.7 Å². The predicted molar refractivity (Wildman–Crippen MR) is 77.4 cm³/mol. The molecule has 23 heavy (non-hydrogen) atoms. The Morgan fingerprint density at radius 2 is 1.91 bits per heavy atom. The molecule has 0 saturated carbocycles. The van der Waals surface area contributed by atoms with Crippen molar-refractivity contribution in [3.8, 4) is 0 Å². The maximum Gasteiger partial charge on any atom is 0.411 e. The third-order valence-electron chi connectivity index (χ3n) is 3.27. The summed E-state index contributed by atoms with van der Waals surface area (Å²) in [6, 6.07) is -1.25. The fourth-order valence-electron chi connectivity index (χ4n) is 2.18. The first-order valence-corrected chi connectivity index (χ1v) is 8.99. The van der Waals surface area contributed by atoms with E-state index in [1.54, 1.807) is 0 Å². The van der Waals surface area contributed by atoms with Gasteiger partial charge in [-0.05, 0) is 19.8 Å². The lowest BCUT2D eigenvalue weighted by Crippen LogP contribution is -2.51. The lowest BCUT2D eigenvalue weighted by Gasteiger charge is -2.30. The molecule has 0 aromatic carbocycles. The van der Waals surface area contributed by atoms with E-state index in [4.69, 9.17) is 0 Å². The van der Waals surface area contributed by atoms with Crippen LogP contribution in [0.25, 0.3) is 0 Å². The van der Waals surface area contributed by atoms with Crippen molar-refractivity contribution in [2.45, 2.75) is 38.0 Å². The molecule has 1 atom stereocenters. The molecule has 7 nitrogen and oxygen atoms in total. The second kappa shape index (κ2) is 8.15. The van der Waals surface area contributed by atoms with E-state index < -0.39 is 34.9 Å². The van der Waals surface area contributed by atoms with Crippen molar-refractivity contribution in [2.24, 2.45) is 0 Å². The average molecular weight is 361 g/mol. The Morgan fingerprint density at radius 1 is 1.35 bits per heavy atom. The predicted octanol–water partition coefficient (Wildman–Crippen LogP) is 0.677. The number of piperidine rings is 1. The minimum atomic E-state index is -4.39. The van der Waals surface area contributed by atoms with E-state index in [0.29, 0.717) is 25.9 Å². The molecule has 2 N–H and O–H groups in total. The Bertz CT molecular complexity index is 490. The Morgan fingerprint density at radius 3 is 2.39 bits per heavy atom. The van der Waals surface area contributed by atoms with E-state index in [2.05, 4.69) is 15.4 Å². The van der Waals surface area contributed by atoms with Gasteiger partial charge in [0.1, 0.15) is 6.61 Å². The molecule has 0 aromatic rings. The molecule has 0 aliphatic carbocycles. The Kier molecular flexibility index (Phi) is 7.08. The largest absolute Gasteiger partial charge is 0.411 e. The molecular formula is C12H22F3N3O4S. The SMILES string of the molecule is CC(COCC(F)(F)F)NC(=O)NC1CCN(S(C)(=O)=O)CC1. The van der Waals surface area contributed by atoms with Crippen molar-refractivity contribution in [1.82, 2.24) is 14.9 Å². The molecule has 1 heterocycles. The van der Waals surface area contributed by atoms with Crippen LogP contribution in [-0.4, -0.2) is 69.6 Å². The molecule has 1 fully saturated rings. The van der Waals surface area contributed by atoms with Crippen LogP contribution in [0.3, 0.4) is 0 Å². The number of carbonyl (C=O) groups excluding carboxylic acids is 1. The molecule has 2 amide bonds. The zero-order valence-electron chi connectivity index (χ0n) is 13.0. The number of carbonyl (C=O) groups is 1. The minimum Gasteiger partial charge on any atom is -0.370 e. The Hall–Kier alpha value is -1.07. The summed E-state index contributed by atoms with van der Waals surface area (Å²) in [5.41, 5.74) is 0. The van der Waals surface area contributed by atoms with Crippen LogP contribution in [0.1, 0.15) is 19.8 Å². The summed E-state index contributed by atoms with van der Waals surface area (Å²) in [6.45, 7) is 0.578. The zero-order valence-corrected chi connectivity index (χ0v) is 13.8. The molecule has 1 unspecified atom stereocenters. The van der Waals surface area contributed by atoms with Gasteiger partial charge in [-0.2, -0.15) is 13.2 Å². The third kappa shape index (κ3) is 8.37. The molecule has 0 aromatic heterocycles. The van der Waals surface area contributed by atoms with Crippen molar-refractivity contribution in [1.29, 1.82) is 0 Å². The van der Waals surface area contributed by atoms with E-state index in [1.807, 2.05) is 0 Å². The maximum atomic E-state index is 11.9. The van der Waals surface area contributed by atoms with Crippen LogP contribution in [0.2, 0.25) is 0 Å². The molecule has 1 saturated heterocycles. The summed E-state index contributed by atoms with van der Waals surface area (Å²) >= 11 is 0. The van der Waals surface area contributed by atoms with Crippen molar-refractivity contribution in [2.75, 3.05) is 32.6 Å². The van der Waals surface area contributed by atoms with Gasteiger partial charge in [-0.3, -0.25) is 0 Å². The van der Waals surface area contributed by atoms with E-state index in [9.17, 15) is 26.4 Å². The number of nitrogens with one attached hydrogen (secondary N) is 2. The zero-order chi connectivity index (χ0) is 17.7. The number of halogens is 3. The van der Waals surface area contributed by atoms with Gasteiger partial charge in [0, 0.05) is 19.1 Å². The second-order valence-electron chi connectivity index (χ2n) is 5.59. The quantitative estimate of drug-likeness (QED) is 0.728. The second-order valence-corrected chi connectivity index (χ2v) is 7.57. The van der Waals surface area contributed by atoms with Gasteiger partial charge >= 0.3 is 12.2 Å². The van der Waals surface area contributed by atoms with Gasteiger partial charge in [-0.15, -0.1) is 0 Å². The Balaban J connectivity index is 2.24. The lowest BCUT2D eigenvalue weighted by molar-refractivity contribution is -0.174. The van der Waals surface area contributed by atoms with Gasteiger partial charge in [-0.1, -0.05) is 0 Å². The van der Waals surface area contributed by atoms with Crippen LogP contribution in [0.4, 0.5) is 18.0 Å². The van der Waals surface area contributed by atoms with Crippen molar-refractivity contribution < 1.29 is 31.1 Å². The van der Waals surface area contributed by atoms with Crippen LogP contribution in [-0.2, 0) is 14.8 Å². The van der Waals surface area contributed by atoms with Crippen molar-refractivity contribution in [3.63, 3.8) is 0 Å². The van der Waals surface area contributed by atoms with Gasteiger partial charge < -0.3 is 15.4 Å². The number of urea groups is 1. The van der Waals surface area contributed by atoms with Crippen LogP contribution in [0, 0.1) is 0 Å². The third-order valence-corrected chi connectivity index (χ3v) is 4.57. The Labute approximate surface area is 133 Å². The summed E-state index contributed by atoms with van der Waals surface area (Å²) in [5, 5.41) is 5.16. The van der Waals surface area contributed by atoms with Crippen molar-refractivity contribution in [3.05, 3.63) is 0 Å². The highest BCUT2D eigenvalue weighted by molar-refractivity contribution is 7.88. The van der Waals surface area contributed by atoms with Gasteiger partial charge in [0.2, 0.25) is 10.0 Å². The van der Waals surface area contributed by atoms with Crippen LogP contribution in [0.15, 0.2) is 0 Å². The highest BCUT2D eigenvalue weighted by Crippen LogP contribution is 2.14. The van der Waals surface area contributed by atoms with E-state index in [-0.39, 0.29) is 12.6 Å². The summed E-state index contributed by atoms with van der Waals surface area (Å²) in [5.74, 6) is 0. The lowest BCUT2D eigenvalue weighted by atomic mass is 10.1. The molecule has 1 aliphatic rings. The first-order chi connectivity index (χ1) is 10.5. The standard InChI is InChI=1S/C12H22F3N3O4S/c1-9(7-22-8-12(13,14)15)16-11(19)17-10-3-5-18(6-4-10)23(2,20)21/h9-10H,3-8H2,1-2H3,(H2,16,17,19). The van der Waals surface area contributed by atoms with E-state index in [1.165, 1.54) is 11.2 Å². The number of hydrogen-bond donors (Lipinski definition) is 2. The smallest absolute Gasteiger partial charge is 0.370 e. The molecular weight excluding hydrogens is 339 g/mol. The number of alkyl halides is 3. The summed E-state index contributed by atoms with van der Waals surface area (Å²) in [4.78, 5) is 11.7. The van der Waals surface area contributed by atoms with E-state index in [0.717, 1.165) is 6.26 Å². The number of hydrogen-bond acceptors (Lipinski definition) is 4. The normalized spacial score (nSPS) is 19.3. The molecule has 0 spiro atoms. The highest BCUT2D eigenvalue weighted by atomic mass is 32.2. The molecule has 1 aliphatic heterocycles. The molecule has 0 bridgehead atoms. The van der Waals surface area contributed by atoms with Gasteiger partial charge in [0.15, 0.2) is 0 Å². The first kappa shape index (κ1) is 20.0. The van der Waals surface area contributed by atoms with Crippen LogP contribution >= 0.6 is 0 Å².